The van der Waals surface area contributed by atoms with Gasteiger partial charge in [0, 0.05) is 6.42 Å². The van der Waals surface area contributed by atoms with Gasteiger partial charge in [0.1, 0.15) is 98.8 Å². The van der Waals surface area contributed by atoms with Crippen molar-refractivity contribution in [3.05, 3.63) is 308 Å². The largest absolute Gasteiger partial charge is 0.482 e. The minimum absolute atomic E-state index is 0.0422. The van der Waals surface area contributed by atoms with Crippen molar-refractivity contribution in [1.82, 2.24) is 0 Å². The Bertz CT molecular complexity index is 5090. The summed E-state index contributed by atoms with van der Waals surface area (Å²) in [4.78, 5) is 91.3. The van der Waals surface area contributed by atoms with Crippen molar-refractivity contribution in [3.63, 3.8) is 0 Å². The fourth-order valence-corrected chi connectivity index (χ4v) is 22.0. The topological polar surface area (TPSA) is 195 Å². The van der Waals surface area contributed by atoms with Crippen molar-refractivity contribution in [2.24, 2.45) is 17.8 Å². The smallest absolute Gasteiger partial charge is 0.344 e. The molecule has 6 aliphatic rings. The van der Waals surface area contributed by atoms with Crippen LogP contribution in [0.4, 0.5) is 0 Å². The summed E-state index contributed by atoms with van der Waals surface area (Å²) in [5.41, 5.74) is 8.24. The Morgan fingerprint density at radius 2 is 0.655 bits per heavy atom. The van der Waals surface area contributed by atoms with Gasteiger partial charge in [0.2, 0.25) is 0 Å². The fraction of sp³-hybridized carbons (Fsp3) is 0.176. The third-order valence-corrected chi connectivity index (χ3v) is 27.3. The highest BCUT2D eigenvalue weighted by molar-refractivity contribution is 7.98. The summed E-state index contributed by atoms with van der Waals surface area (Å²) in [5, 5.41) is 0. The van der Waals surface area contributed by atoms with Crippen molar-refractivity contribution in [2.45, 2.75) is 48.7 Å². The minimum atomic E-state index is -1.83. The van der Waals surface area contributed by atoms with E-state index in [1.807, 2.05) is 127 Å². The molecule has 0 saturated heterocycles. The molecule has 15 rings (SSSR count). The highest BCUT2D eigenvalue weighted by Gasteiger charge is 2.42. The van der Waals surface area contributed by atoms with Crippen molar-refractivity contribution in [2.75, 3.05) is 66.3 Å². The van der Waals surface area contributed by atoms with Gasteiger partial charge in [0.25, 0.3) is 5.97 Å². The zero-order valence-corrected chi connectivity index (χ0v) is 62.8. The molecule has 0 spiro atoms. The molecule has 6 unspecified atom stereocenters. The number of carbonyl (C=O) groups is 6. The molecule has 16 nitrogen and oxygen atoms in total. The molecular formula is C91H79O16S3+3. The second-order valence-corrected chi connectivity index (χ2v) is 32.8. The van der Waals surface area contributed by atoms with Gasteiger partial charge in [-0.05, 0) is 179 Å². The molecule has 19 heteroatoms. The van der Waals surface area contributed by atoms with Gasteiger partial charge in [-0.2, -0.15) is 0 Å². The van der Waals surface area contributed by atoms with Crippen LogP contribution < -0.4 is 14.2 Å². The molecule has 554 valence electrons. The Morgan fingerprint density at radius 1 is 0.345 bits per heavy atom. The standard InChI is InChI=1S/C91H76O16S3/c1-2-91(105-52-50-100-86(93)58-103-68-37-46-83-77(55-68)89(96)74-25-13-16-28-80(74)109(83)71-41-32-65(33-42-71)62-20-8-4-9-21-62,106-53-51-101-87(94)59-104-69-38-47-84-78(56-69)90(97)75-26-14-17-29-81(75)110(84)72-43-34-66(35-44-72)63-22-10-5-11-23-63)107-60-98-48-49-99-85(92)57-102-67-36-45-82-76(54-67)88(95)73-24-12-15-27-79(73)108(82)70-39-30-64(31-40-70)61-18-6-3-7-19-61/h3-47,54-56,73-75H,2,48-53,57-60H2,1H3/p+3. The summed E-state index contributed by atoms with van der Waals surface area (Å²) in [6, 6.07) is 72.1. The van der Waals surface area contributed by atoms with Crippen LogP contribution in [-0.2, 0) is 79.0 Å². The van der Waals surface area contributed by atoms with Crippen LogP contribution in [0.3, 0.4) is 0 Å². The van der Waals surface area contributed by atoms with E-state index in [0.29, 0.717) is 33.9 Å². The third-order valence-electron chi connectivity index (χ3n) is 19.4. The molecule has 0 saturated carbocycles. The van der Waals surface area contributed by atoms with E-state index in [4.69, 9.17) is 47.4 Å². The molecule has 3 aliphatic heterocycles. The molecule has 3 aliphatic carbocycles. The summed E-state index contributed by atoms with van der Waals surface area (Å²) < 4.78 is 58.6. The van der Waals surface area contributed by atoms with Crippen LogP contribution in [-0.4, -0.2) is 122 Å². The van der Waals surface area contributed by atoms with Gasteiger partial charge in [-0.15, -0.1) is 0 Å². The van der Waals surface area contributed by atoms with E-state index in [-0.39, 0.29) is 63.4 Å². The first-order valence-corrected chi connectivity index (χ1v) is 40.4. The predicted molar refractivity (Wildman–Crippen MR) is 430 cm³/mol. The van der Waals surface area contributed by atoms with Crippen molar-refractivity contribution in [1.29, 1.82) is 0 Å². The van der Waals surface area contributed by atoms with E-state index < -0.39 is 99.7 Å². The van der Waals surface area contributed by atoms with Gasteiger partial charge < -0.3 is 47.4 Å². The van der Waals surface area contributed by atoms with Gasteiger partial charge in [-0.25, -0.2) is 14.4 Å². The molecule has 0 bridgehead atoms. The normalized spacial score (nSPS) is 18.7. The van der Waals surface area contributed by atoms with E-state index in [0.717, 1.165) is 77.3 Å². The Kier molecular flexibility index (Phi) is 23.3. The number of Topliss-reactive ketones (excluding diaryl/α,β-unsaturated/α-hetero) is 3. The van der Waals surface area contributed by atoms with Gasteiger partial charge in [-0.3, -0.25) is 14.4 Å². The molecule has 9 aromatic rings. The number of thiol groups is 3. The highest BCUT2D eigenvalue weighted by atomic mass is 32.2. The maximum absolute atomic E-state index is 14.1. The molecule has 0 fully saturated rings. The van der Waals surface area contributed by atoms with E-state index in [2.05, 4.69) is 127 Å². The number of ketones is 3. The first-order chi connectivity index (χ1) is 54.0. The van der Waals surface area contributed by atoms with E-state index in [1.54, 1.807) is 43.3 Å². The number of hydrogen-bond acceptors (Lipinski definition) is 16. The first-order valence-electron chi connectivity index (χ1n) is 36.4. The zero-order valence-electron chi connectivity index (χ0n) is 60.1. The molecular weight excluding hydrogens is 1450 g/mol. The van der Waals surface area contributed by atoms with Crippen LogP contribution >= 0.6 is 0 Å². The first kappa shape index (κ1) is 74.2. The number of allylic oxidation sites excluding steroid dienone is 12. The molecule has 0 N–H and O–H groups in total. The number of fused-ring (bicyclic) bond motifs is 6. The molecule has 3 heterocycles. The van der Waals surface area contributed by atoms with E-state index >= 15 is 0 Å². The second kappa shape index (κ2) is 34.5. The average molecular weight is 1520 g/mol. The van der Waals surface area contributed by atoms with Crippen LogP contribution in [0.5, 0.6) is 17.2 Å². The third kappa shape index (κ3) is 16.7. The lowest BCUT2D eigenvalue weighted by Crippen LogP contribution is -2.41. The maximum atomic E-state index is 14.1. The number of carbonyl (C=O) groups excluding carboxylic acids is 6. The van der Waals surface area contributed by atoms with Crippen LogP contribution in [0.1, 0.15) is 44.4 Å². The number of ether oxygens (including phenoxy) is 10. The Hall–Kier alpha value is -11.3. The Morgan fingerprint density at radius 3 is 0.973 bits per heavy atom. The van der Waals surface area contributed by atoms with E-state index in [1.165, 1.54) is 0 Å². The number of rotatable bonds is 30. The lowest BCUT2D eigenvalue weighted by Gasteiger charge is -2.32. The van der Waals surface area contributed by atoms with E-state index in [9.17, 15) is 28.8 Å². The predicted octanol–water partition coefficient (Wildman–Crippen LogP) is 14.6. The monoisotopic (exact) mass is 1520 g/mol. The molecule has 0 amide bonds. The van der Waals surface area contributed by atoms with Crippen LogP contribution in [0, 0.1) is 17.8 Å². The van der Waals surface area contributed by atoms with Gasteiger partial charge >= 0.3 is 17.9 Å². The maximum Gasteiger partial charge on any atom is 0.344 e. The fourth-order valence-electron chi connectivity index (χ4n) is 14.1. The number of benzene rings is 9. The zero-order chi connectivity index (χ0) is 75.3. The van der Waals surface area contributed by atoms with Gasteiger partial charge in [0.15, 0.2) is 44.0 Å². The van der Waals surface area contributed by atoms with Crippen molar-refractivity contribution >= 4 is 81.3 Å². The molecule has 6 atom stereocenters. The average Bonchev–Trinajstić information content (AvgIpc) is 0.756. The Labute approximate surface area is 644 Å². The second-order valence-electron chi connectivity index (χ2n) is 26.2. The van der Waals surface area contributed by atoms with Crippen molar-refractivity contribution < 1.29 is 76.1 Å². The number of hydrogen-bond donors (Lipinski definition) is 0. The lowest BCUT2D eigenvalue weighted by molar-refractivity contribution is -0.401. The SMILES string of the molecule is CCC(OCCOC(=O)COc1ccc2c(c1)C(=O)C1C=CC=CC1=[SH+]2c1ccc(-c2ccccc2)cc1)(OCCOC(=O)COc1ccc2c(c1)C(=O)C1C=CC=CC1=[SH+]2c1ccc(-c2ccccc2)cc1)OCOCCOC(=O)COc1ccc2c(c1)C(=O)C1C=CC=CC1=[SH+]2c1ccc(-c2ccccc2)cc1. The summed E-state index contributed by atoms with van der Waals surface area (Å²) in [6.07, 6.45) is 23.6. The summed E-state index contributed by atoms with van der Waals surface area (Å²) >= 11 is 0. The summed E-state index contributed by atoms with van der Waals surface area (Å²) in [5.74, 6) is -4.36. The molecule has 110 heavy (non-hydrogen) atoms. The summed E-state index contributed by atoms with van der Waals surface area (Å²) in [6.45, 7) is -1.33. The Balaban J connectivity index is 0.556. The molecule has 0 aromatic heterocycles. The van der Waals surface area contributed by atoms with Crippen LogP contribution in [0.15, 0.2) is 321 Å². The van der Waals surface area contributed by atoms with Gasteiger partial charge in [0.05, 0.1) is 36.5 Å². The molecule has 0 radical (unpaired) electrons. The van der Waals surface area contributed by atoms with Crippen LogP contribution in [0.2, 0.25) is 0 Å². The quantitative estimate of drug-likeness (QED) is 0.00784. The van der Waals surface area contributed by atoms with Crippen molar-refractivity contribution in [3.8, 4) is 50.6 Å². The summed E-state index contributed by atoms with van der Waals surface area (Å²) in [7, 11) is -3.20. The van der Waals surface area contributed by atoms with Gasteiger partial charge in [-0.1, -0.05) is 184 Å². The number of esters is 3. The minimum Gasteiger partial charge on any atom is -0.482 e. The van der Waals surface area contributed by atoms with Crippen LogP contribution in [0.25, 0.3) is 33.4 Å². The molecule has 9 aromatic carbocycles. The highest BCUT2D eigenvalue weighted by Crippen LogP contribution is 2.40. The lowest BCUT2D eigenvalue weighted by atomic mass is 9.91.